The summed E-state index contributed by atoms with van der Waals surface area (Å²) in [4.78, 5) is 16.8. The smallest absolute Gasteiger partial charge is 0.270 e. The van der Waals surface area contributed by atoms with E-state index < -0.39 is 5.56 Å². The Labute approximate surface area is 119 Å². The number of aromatic hydroxyl groups is 1. The van der Waals surface area contributed by atoms with Crippen molar-refractivity contribution in [2.75, 3.05) is 6.61 Å². The maximum Gasteiger partial charge on any atom is 0.270 e. The summed E-state index contributed by atoms with van der Waals surface area (Å²) in [5.74, 6) is 0.256. The molecule has 0 unspecified atom stereocenters. The molecule has 6 nitrogen and oxygen atoms in total. The average Bonchev–Trinajstić information content (AvgIpc) is 2.41. The van der Waals surface area contributed by atoms with E-state index >= 15 is 0 Å². The van der Waals surface area contributed by atoms with E-state index in [4.69, 9.17) is 22.2 Å². The third-order valence-electron chi connectivity index (χ3n) is 2.60. The summed E-state index contributed by atoms with van der Waals surface area (Å²) >= 11 is 4.90. The zero-order chi connectivity index (χ0) is 14.7. The summed E-state index contributed by atoms with van der Waals surface area (Å²) in [6.07, 6.45) is 0. The first kappa shape index (κ1) is 13.8. The van der Waals surface area contributed by atoms with Crippen molar-refractivity contribution < 1.29 is 9.84 Å². The first-order valence-corrected chi connectivity index (χ1v) is 6.20. The van der Waals surface area contributed by atoms with Crippen LogP contribution in [0.25, 0.3) is 11.3 Å². The van der Waals surface area contributed by atoms with Crippen molar-refractivity contribution in [3.05, 3.63) is 38.9 Å². The molecule has 0 saturated heterocycles. The van der Waals surface area contributed by atoms with Crippen molar-refractivity contribution in [2.24, 2.45) is 0 Å². The summed E-state index contributed by atoms with van der Waals surface area (Å²) in [6.45, 7) is 2.17. The second-order valence-electron chi connectivity index (χ2n) is 3.89. The van der Waals surface area contributed by atoms with Gasteiger partial charge in [0.25, 0.3) is 5.56 Å². The molecule has 3 N–H and O–H groups in total. The predicted molar refractivity (Wildman–Crippen MR) is 75.2 cm³/mol. The molecule has 0 spiro atoms. The minimum Gasteiger partial charge on any atom is -0.504 e. The van der Waals surface area contributed by atoms with Gasteiger partial charge in [0.05, 0.1) is 12.3 Å². The Balaban J connectivity index is 2.69. The zero-order valence-electron chi connectivity index (χ0n) is 10.6. The summed E-state index contributed by atoms with van der Waals surface area (Å²) in [5, 5.41) is 18.7. The SMILES string of the molecule is CCOc1cc(-c2[nH]c(=S)[nH]c(=O)c2C#N)ccc1O. The van der Waals surface area contributed by atoms with Gasteiger partial charge in [-0.3, -0.25) is 9.78 Å². The molecule has 0 aliphatic rings. The Kier molecular flexibility index (Phi) is 3.86. The quantitative estimate of drug-likeness (QED) is 0.751. The highest BCUT2D eigenvalue weighted by molar-refractivity contribution is 7.71. The molecule has 7 heteroatoms. The molecule has 20 heavy (non-hydrogen) atoms. The van der Waals surface area contributed by atoms with Crippen LogP contribution in [0.15, 0.2) is 23.0 Å². The van der Waals surface area contributed by atoms with Crippen molar-refractivity contribution in [3.63, 3.8) is 0 Å². The molecule has 0 radical (unpaired) electrons. The Bertz CT molecular complexity index is 802. The number of phenolic OH excluding ortho intramolecular Hbond substituents is 1. The van der Waals surface area contributed by atoms with E-state index in [1.807, 2.05) is 6.07 Å². The van der Waals surface area contributed by atoms with Crippen LogP contribution in [0.2, 0.25) is 0 Å². The summed E-state index contributed by atoms with van der Waals surface area (Å²) in [6, 6.07) is 6.37. The van der Waals surface area contributed by atoms with Crippen molar-refractivity contribution in [1.29, 1.82) is 5.26 Å². The Morgan fingerprint density at radius 1 is 1.45 bits per heavy atom. The molecule has 0 atom stereocenters. The number of phenols is 1. The molecule has 1 aromatic heterocycles. The monoisotopic (exact) mass is 289 g/mol. The molecule has 0 aliphatic heterocycles. The number of hydrogen-bond donors (Lipinski definition) is 3. The standard InChI is InChI=1S/C13H11N3O3S/c1-2-19-10-5-7(3-4-9(10)17)11-8(6-14)12(18)16-13(20)15-11/h3-5,17H,2H2,1H3,(H2,15,16,18,20). The van der Waals surface area contributed by atoms with Crippen LogP contribution in [-0.4, -0.2) is 21.7 Å². The van der Waals surface area contributed by atoms with Gasteiger partial charge in [-0.1, -0.05) is 0 Å². The fraction of sp³-hybridized carbons (Fsp3) is 0.154. The number of aromatic nitrogens is 2. The molecule has 0 bridgehead atoms. The number of H-pyrrole nitrogens is 2. The first-order chi connectivity index (χ1) is 9.56. The van der Waals surface area contributed by atoms with Crippen LogP contribution < -0.4 is 10.3 Å². The van der Waals surface area contributed by atoms with Crippen LogP contribution in [0, 0.1) is 16.1 Å². The number of ether oxygens (including phenoxy) is 1. The zero-order valence-corrected chi connectivity index (χ0v) is 11.4. The number of nitrogens with zero attached hydrogens (tertiary/aromatic N) is 1. The molecule has 0 saturated carbocycles. The molecular weight excluding hydrogens is 278 g/mol. The van der Waals surface area contributed by atoms with E-state index in [-0.39, 0.29) is 21.8 Å². The minimum atomic E-state index is -0.558. The van der Waals surface area contributed by atoms with Crippen LogP contribution in [-0.2, 0) is 0 Å². The molecule has 1 heterocycles. The van der Waals surface area contributed by atoms with Crippen molar-refractivity contribution in [3.8, 4) is 28.8 Å². The van der Waals surface area contributed by atoms with Crippen LogP contribution in [0.5, 0.6) is 11.5 Å². The van der Waals surface area contributed by atoms with Crippen LogP contribution in [0.3, 0.4) is 0 Å². The highest BCUT2D eigenvalue weighted by Gasteiger charge is 2.12. The molecule has 0 amide bonds. The lowest BCUT2D eigenvalue weighted by atomic mass is 10.1. The van der Waals surface area contributed by atoms with E-state index in [9.17, 15) is 9.90 Å². The third-order valence-corrected chi connectivity index (χ3v) is 2.81. The molecule has 2 aromatic rings. The molecule has 0 aliphatic carbocycles. The summed E-state index contributed by atoms with van der Waals surface area (Å²) in [7, 11) is 0. The van der Waals surface area contributed by atoms with Gasteiger partial charge in [-0.15, -0.1) is 0 Å². The van der Waals surface area contributed by atoms with Crippen molar-refractivity contribution in [2.45, 2.75) is 6.92 Å². The minimum absolute atomic E-state index is 0.0162. The lowest BCUT2D eigenvalue weighted by Crippen LogP contribution is -2.13. The van der Waals surface area contributed by atoms with Crippen LogP contribution in [0.1, 0.15) is 12.5 Å². The maximum atomic E-state index is 11.7. The van der Waals surface area contributed by atoms with E-state index in [0.29, 0.717) is 17.9 Å². The Morgan fingerprint density at radius 3 is 2.85 bits per heavy atom. The van der Waals surface area contributed by atoms with Gasteiger partial charge in [-0.25, -0.2) is 0 Å². The number of nitrogens with one attached hydrogen (secondary N) is 2. The highest BCUT2D eigenvalue weighted by atomic mass is 32.1. The molecule has 0 fully saturated rings. The molecule has 2 rings (SSSR count). The Morgan fingerprint density at radius 2 is 2.20 bits per heavy atom. The van der Waals surface area contributed by atoms with Crippen LogP contribution >= 0.6 is 12.2 Å². The van der Waals surface area contributed by atoms with Crippen LogP contribution in [0.4, 0.5) is 0 Å². The van der Waals surface area contributed by atoms with Gasteiger partial charge in [0.2, 0.25) is 0 Å². The Hall–Kier alpha value is -2.59. The number of benzene rings is 1. The maximum absolute atomic E-state index is 11.7. The first-order valence-electron chi connectivity index (χ1n) is 5.79. The second kappa shape index (κ2) is 5.59. The third kappa shape index (κ3) is 2.55. The number of hydrogen-bond acceptors (Lipinski definition) is 5. The van der Waals surface area contributed by atoms with Gasteiger partial charge >= 0.3 is 0 Å². The van der Waals surface area contributed by atoms with Crippen molar-refractivity contribution >= 4 is 12.2 Å². The highest BCUT2D eigenvalue weighted by Crippen LogP contribution is 2.31. The summed E-state index contributed by atoms with van der Waals surface area (Å²) in [5.41, 5.74) is 0.186. The number of rotatable bonds is 3. The summed E-state index contributed by atoms with van der Waals surface area (Å²) < 4.78 is 5.39. The van der Waals surface area contributed by atoms with E-state index in [0.717, 1.165) is 0 Å². The fourth-order valence-electron chi connectivity index (χ4n) is 1.75. The average molecular weight is 289 g/mol. The molecule has 1 aromatic carbocycles. The lowest BCUT2D eigenvalue weighted by molar-refractivity contribution is 0.318. The lowest BCUT2D eigenvalue weighted by Gasteiger charge is -2.09. The van der Waals surface area contributed by atoms with Gasteiger partial charge in [0, 0.05) is 5.56 Å². The van der Waals surface area contributed by atoms with Crippen molar-refractivity contribution in [1.82, 2.24) is 9.97 Å². The van der Waals surface area contributed by atoms with E-state index in [2.05, 4.69) is 9.97 Å². The topological polar surface area (TPSA) is 102 Å². The van der Waals surface area contributed by atoms with E-state index in [1.165, 1.54) is 6.07 Å². The molecular formula is C13H11N3O3S. The van der Waals surface area contributed by atoms with Gasteiger partial charge in [0.15, 0.2) is 16.3 Å². The number of aromatic amines is 2. The van der Waals surface area contributed by atoms with Gasteiger partial charge in [0.1, 0.15) is 11.6 Å². The second-order valence-corrected chi connectivity index (χ2v) is 4.29. The predicted octanol–water partition coefficient (Wildman–Crippen LogP) is 2.08. The fourth-order valence-corrected chi connectivity index (χ4v) is 1.95. The normalized spacial score (nSPS) is 10.0. The van der Waals surface area contributed by atoms with Gasteiger partial charge < -0.3 is 14.8 Å². The largest absolute Gasteiger partial charge is 0.504 e. The van der Waals surface area contributed by atoms with Gasteiger partial charge in [-0.2, -0.15) is 5.26 Å². The van der Waals surface area contributed by atoms with Gasteiger partial charge in [-0.05, 0) is 37.3 Å². The molecule has 102 valence electrons. The van der Waals surface area contributed by atoms with E-state index in [1.54, 1.807) is 19.1 Å². The number of nitriles is 1.